The first-order valence-electron chi connectivity index (χ1n) is 7.55. The molecule has 0 saturated heterocycles. The summed E-state index contributed by atoms with van der Waals surface area (Å²) in [5.74, 6) is -1.85. The highest BCUT2D eigenvalue weighted by atomic mass is 32.1. The molecule has 1 amide bonds. The quantitative estimate of drug-likeness (QED) is 0.772. The zero-order valence-corrected chi connectivity index (χ0v) is 14.9. The predicted octanol–water partition coefficient (Wildman–Crippen LogP) is 2.30. The van der Waals surface area contributed by atoms with Gasteiger partial charge >= 0.3 is 11.9 Å². The number of esters is 2. The third-order valence-electron chi connectivity index (χ3n) is 3.22. The van der Waals surface area contributed by atoms with E-state index in [0.717, 1.165) is 11.3 Å². The molecule has 1 N–H and O–H groups in total. The molecule has 0 saturated carbocycles. The number of nitrogens with one attached hydrogen (secondary N) is 1. The SMILES string of the molecule is CCOC(=O)c1sc(NC(=O)COC(=O)c2ccncc2)c(C#N)c1C. The van der Waals surface area contributed by atoms with Crippen molar-refractivity contribution >= 4 is 34.2 Å². The van der Waals surface area contributed by atoms with Crippen LogP contribution in [0.4, 0.5) is 5.00 Å². The van der Waals surface area contributed by atoms with Crippen molar-refractivity contribution in [3.05, 3.63) is 46.1 Å². The molecular weight excluding hydrogens is 358 g/mol. The molecule has 2 rings (SSSR count). The van der Waals surface area contributed by atoms with Gasteiger partial charge in [0.25, 0.3) is 5.91 Å². The molecule has 0 bridgehead atoms. The van der Waals surface area contributed by atoms with E-state index in [4.69, 9.17) is 9.47 Å². The Hall–Kier alpha value is -3.25. The van der Waals surface area contributed by atoms with Gasteiger partial charge in [-0.25, -0.2) is 9.59 Å². The van der Waals surface area contributed by atoms with Gasteiger partial charge < -0.3 is 14.8 Å². The average molecular weight is 373 g/mol. The number of thiophene rings is 1. The molecule has 134 valence electrons. The molecule has 0 aliphatic heterocycles. The van der Waals surface area contributed by atoms with Crippen LogP contribution in [0.1, 0.15) is 38.1 Å². The van der Waals surface area contributed by atoms with Crippen LogP contribution in [0.3, 0.4) is 0 Å². The summed E-state index contributed by atoms with van der Waals surface area (Å²) in [7, 11) is 0. The van der Waals surface area contributed by atoms with E-state index in [0.29, 0.717) is 5.56 Å². The van der Waals surface area contributed by atoms with Crippen molar-refractivity contribution < 1.29 is 23.9 Å². The fourth-order valence-corrected chi connectivity index (χ4v) is 3.06. The second-order valence-corrected chi connectivity index (χ2v) is 5.97. The number of aromatic nitrogens is 1. The van der Waals surface area contributed by atoms with Gasteiger partial charge in [0.2, 0.25) is 0 Å². The molecule has 8 nitrogen and oxygen atoms in total. The Morgan fingerprint density at radius 1 is 1.23 bits per heavy atom. The van der Waals surface area contributed by atoms with Gasteiger partial charge in [0.1, 0.15) is 15.9 Å². The molecule has 0 aromatic carbocycles. The summed E-state index contributed by atoms with van der Waals surface area (Å²) in [5, 5.41) is 12.0. The summed E-state index contributed by atoms with van der Waals surface area (Å²) >= 11 is 0.940. The van der Waals surface area contributed by atoms with E-state index in [1.165, 1.54) is 24.5 Å². The van der Waals surface area contributed by atoms with Gasteiger partial charge in [-0.15, -0.1) is 11.3 Å². The van der Waals surface area contributed by atoms with E-state index in [9.17, 15) is 19.6 Å². The zero-order chi connectivity index (χ0) is 19.1. The largest absolute Gasteiger partial charge is 0.462 e. The second kappa shape index (κ2) is 8.73. The van der Waals surface area contributed by atoms with Crippen molar-refractivity contribution in [2.75, 3.05) is 18.5 Å². The van der Waals surface area contributed by atoms with Crippen LogP contribution in [0, 0.1) is 18.3 Å². The number of anilines is 1. The molecule has 0 fully saturated rings. The van der Waals surface area contributed by atoms with E-state index in [-0.39, 0.29) is 27.6 Å². The van der Waals surface area contributed by atoms with Crippen LogP contribution in [0.2, 0.25) is 0 Å². The highest BCUT2D eigenvalue weighted by Crippen LogP contribution is 2.33. The van der Waals surface area contributed by atoms with Gasteiger partial charge in [0.05, 0.1) is 17.7 Å². The summed E-state index contributed by atoms with van der Waals surface area (Å²) in [6, 6.07) is 4.87. The number of hydrogen-bond acceptors (Lipinski definition) is 8. The fraction of sp³-hybridized carbons (Fsp3) is 0.235. The Balaban J connectivity index is 2.05. The Kier molecular flexibility index (Phi) is 6.41. The number of rotatable bonds is 6. The van der Waals surface area contributed by atoms with Gasteiger partial charge in [-0.05, 0) is 31.5 Å². The number of carbonyl (C=O) groups is 3. The minimum absolute atomic E-state index is 0.173. The van der Waals surface area contributed by atoms with E-state index in [1.807, 2.05) is 6.07 Å². The van der Waals surface area contributed by atoms with Crippen LogP contribution in [-0.2, 0) is 14.3 Å². The van der Waals surface area contributed by atoms with Gasteiger partial charge in [0, 0.05) is 12.4 Å². The van der Waals surface area contributed by atoms with Gasteiger partial charge in [-0.1, -0.05) is 0 Å². The molecule has 0 aliphatic rings. The van der Waals surface area contributed by atoms with Crippen LogP contribution in [0.25, 0.3) is 0 Å². The first-order chi connectivity index (χ1) is 12.5. The fourth-order valence-electron chi connectivity index (χ4n) is 1.99. The monoisotopic (exact) mass is 373 g/mol. The number of hydrogen-bond donors (Lipinski definition) is 1. The minimum Gasteiger partial charge on any atom is -0.462 e. The summed E-state index contributed by atoms with van der Waals surface area (Å²) in [4.78, 5) is 39.7. The number of carbonyl (C=O) groups excluding carboxylic acids is 3. The zero-order valence-electron chi connectivity index (χ0n) is 14.1. The maximum atomic E-state index is 12.0. The highest BCUT2D eigenvalue weighted by molar-refractivity contribution is 7.18. The van der Waals surface area contributed by atoms with Crippen LogP contribution >= 0.6 is 11.3 Å². The normalized spacial score (nSPS) is 9.88. The Morgan fingerprint density at radius 3 is 2.54 bits per heavy atom. The number of nitriles is 1. The van der Waals surface area contributed by atoms with Crippen LogP contribution in [-0.4, -0.2) is 36.0 Å². The summed E-state index contributed by atoms with van der Waals surface area (Å²) < 4.78 is 9.84. The van der Waals surface area contributed by atoms with Crippen molar-refractivity contribution in [3.8, 4) is 6.07 Å². The maximum Gasteiger partial charge on any atom is 0.348 e. The summed E-state index contributed by atoms with van der Waals surface area (Å²) in [5.41, 5.74) is 0.869. The lowest BCUT2D eigenvalue weighted by atomic mass is 10.2. The Labute approximate surface area is 153 Å². The lowest BCUT2D eigenvalue weighted by Gasteiger charge is -2.05. The predicted molar refractivity (Wildman–Crippen MR) is 92.9 cm³/mol. The molecular formula is C17H15N3O5S. The first kappa shape index (κ1) is 19.1. The lowest BCUT2D eigenvalue weighted by molar-refractivity contribution is -0.119. The molecule has 2 aromatic heterocycles. The van der Waals surface area contributed by atoms with Crippen molar-refractivity contribution in [1.82, 2.24) is 4.98 Å². The standard InChI is InChI=1S/C17H15N3O5S/c1-3-24-17(23)14-10(2)12(8-18)15(26-14)20-13(21)9-25-16(22)11-4-6-19-7-5-11/h4-7H,3,9H2,1-2H3,(H,20,21). The van der Waals surface area contributed by atoms with Crippen molar-refractivity contribution in [3.63, 3.8) is 0 Å². The molecule has 0 spiro atoms. The Morgan fingerprint density at radius 2 is 1.92 bits per heavy atom. The topological polar surface area (TPSA) is 118 Å². The van der Waals surface area contributed by atoms with Gasteiger partial charge in [0.15, 0.2) is 6.61 Å². The number of pyridine rings is 1. The molecule has 9 heteroatoms. The van der Waals surface area contributed by atoms with E-state index in [2.05, 4.69) is 10.3 Å². The molecule has 2 aromatic rings. The molecule has 0 aliphatic carbocycles. The van der Waals surface area contributed by atoms with E-state index >= 15 is 0 Å². The molecule has 26 heavy (non-hydrogen) atoms. The molecule has 0 atom stereocenters. The van der Waals surface area contributed by atoms with E-state index in [1.54, 1.807) is 13.8 Å². The van der Waals surface area contributed by atoms with Crippen LogP contribution in [0.5, 0.6) is 0 Å². The second-order valence-electron chi connectivity index (χ2n) is 4.95. The number of amides is 1. The number of nitrogens with zero attached hydrogens (tertiary/aromatic N) is 2. The van der Waals surface area contributed by atoms with Crippen LogP contribution in [0.15, 0.2) is 24.5 Å². The molecule has 0 radical (unpaired) electrons. The van der Waals surface area contributed by atoms with E-state index < -0.39 is 24.5 Å². The summed E-state index contributed by atoms with van der Waals surface area (Å²) in [6.45, 7) is 2.94. The molecule has 0 unspecified atom stereocenters. The van der Waals surface area contributed by atoms with Gasteiger partial charge in [-0.3, -0.25) is 9.78 Å². The van der Waals surface area contributed by atoms with Gasteiger partial charge in [-0.2, -0.15) is 5.26 Å². The van der Waals surface area contributed by atoms with Crippen molar-refractivity contribution in [2.45, 2.75) is 13.8 Å². The lowest BCUT2D eigenvalue weighted by Crippen LogP contribution is -2.20. The van der Waals surface area contributed by atoms with Crippen LogP contribution < -0.4 is 5.32 Å². The highest BCUT2D eigenvalue weighted by Gasteiger charge is 2.22. The maximum absolute atomic E-state index is 12.0. The first-order valence-corrected chi connectivity index (χ1v) is 8.37. The third kappa shape index (κ3) is 4.43. The average Bonchev–Trinajstić information content (AvgIpc) is 2.95. The Bertz CT molecular complexity index is 871. The molecule has 2 heterocycles. The summed E-state index contributed by atoms with van der Waals surface area (Å²) in [6.07, 6.45) is 2.86. The smallest absolute Gasteiger partial charge is 0.348 e. The minimum atomic E-state index is -0.669. The van der Waals surface area contributed by atoms with Crippen molar-refractivity contribution in [1.29, 1.82) is 5.26 Å². The van der Waals surface area contributed by atoms with Crippen molar-refractivity contribution in [2.24, 2.45) is 0 Å². The number of ether oxygens (including phenoxy) is 2. The third-order valence-corrected chi connectivity index (χ3v) is 4.41.